The van der Waals surface area contributed by atoms with Gasteiger partial charge in [-0.2, -0.15) is 19.6 Å². The quantitative estimate of drug-likeness (QED) is 0.580. The van der Waals surface area contributed by atoms with Crippen LogP contribution in [0.1, 0.15) is 31.7 Å². The van der Waals surface area contributed by atoms with Crippen LogP contribution in [0.25, 0.3) is 0 Å². The fraction of sp³-hybridized carbons (Fsp3) is 0.600. The van der Waals surface area contributed by atoms with Crippen LogP contribution in [0.5, 0.6) is 5.88 Å². The number of nitriles is 1. The number of aliphatic hydroxyl groups is 1. The van der Waals surface area contributed by atoms with E-state index >= 15 is 0 Å². The Balaban J connectivity index is 1.46. The van der Waals surface area contributed by atoms with Crippen molar-refractivity contribution in [3.8, 4) is 11.9 Å². The average Bonchev–Trinajstić information content (AvgIpc) is 3.29. The van der Waals surface area contributed by atoms with Crippen molar-refractivity contribution in [3.63, 3.8) is 0 Å². The summed E-state index contributed by atoms with van der Waals surface area (Å²) in [7, 11) is -2.34. The van der Waals surface area contributed by atoms with Crippen LogP contribution >= 0.6 is 0 Å². The van der Waals surface area contributed by atoms with E-state index in [4.69, 9.17) is 4.74 Å². The minimum atomic E-state index is -3.91. The minimum absolute atomic E-state index is 0.0228. The van der Waals surface area contributed by atoms with Crippen molar-refractivity contribution in [2.24, 2.45) is 7.05 Å². The lowest BCUT2D eigenvalue weighted by Gasteiger charge is -2.34. The first-order valence-electron chi connectivity index (χ1n) is 10.7. The molecule has 2 fully saturated rings. The van der Waals surface area contributed by atoms with Crippen LogP contribution in [0.4, 0.5) is 19.1 Å². The summed E-state index contributed by atoms with van der Waals surface area (Å²) in [6, 6.07) is 0.944. The zero-order valence-electron chi connectivity index (χ0n) is 18.9. The summed E-state index contributed by atoms with van der Waals surface area (Å²) in [4.78, 5) is 7.95. The van der Waals surface area contributed by atoms with Crippen molar-refractivity contribution in [1.82, 2.24) is 24.1 Å². The van der Waals surface area contributed by atoms with Gasteiger partial charge in [-0.05, 0) is 13.3 Å². The Kier molecular flexibility index (Phi) is 6.41. The topological polar surface area (TPSA) is 146 Å². The van der Waals surface area contributed by atoms with Gasteiger partial charge in [0.05, 0.1) is 24.9 Å². The normalized spacial score (nSPS) is 29.0. The summed E-state index contributed by atoms with van der Waals surface area (Å²) in [6.07, 6.45) is -0.783. The van der Waals surface area contributed by atoms with Gasteiger partial charge in [-0.3, -0.25) is 4.68 Å². The highest BCUT2D eigenvalue weighted by Gasteiger charge is 2.54. The maximum atomic E-state index is 15.0. The molecule has 0 bridgehead atoms. The average molecular weight is 516 g/mol. The SMILES string of the molecule is Cn1cc(S(=O)(=O)N2CC[C@H](Nc3ncc(C#N)c(O[C@@H]4CC(F)(F)C[C@]4(C)O)n3)[C@H](F)C2)cn1. The molecule has 190 valence electrons. The molecule has 0 aromatic carbocycles. The fourth-order valence-corrected chi connectivity index (χ4v) is 5.66. The number of anilines is 1. The molecule has 1 saturated carbocycles. The van der Waals surface area contributed by atoms with E-state index in [1.54, 1.807) is 13.1 Å². The molecule has 2 aromatic heterocycles. The van der Waals surface area contributed by atoms with Gasteiger partial charge in [-0.25, -0.2) is 26.6 Å². The third-order valence-corrected chi connectivity index (χ3v) is 7.88. The molecule has 0 spiro atoms. The molecule has 3 heterocycles. The monoisotopic (exact) mass is 515 g/mol. The first-order valence-corrected chi connectivity index (χ1v) is 12.2. The Labute approximate surface area is 199 Å². The second kappa shape index (κ2) is 8.92. The van der Waals surface area contributed by atoms with E-state index in [2.05, 4.69) is 20.4 Å². The molecule has 0 radical (unpaired) electrons. The molecular formula is C20H24F3N7O4S. The lowest BCUT2D eigenvalue weighted by atomic mass is 10.0. The molecule has 2 aliphatic rings. The van der Waals surface area contributed by atoms with Gasteiger partial charge in [0.2, 0.25) is 21.9 Å². The zero-order chi connectivity index (χ0) is 25.6. The summed E-state index contributed by atoms with van der Waals surface area (Å²) < 4.78 is 75.8. The Morgan fingerprint density at radius 3 is 2.69 bits per heavy atom. The second-order valence-electron chi connectivity index (χ2n) is 8.99. The van der Waals surface area contributed by atoms with Crippen molar-refractivity contribution < 1.29 is 31.4 Å². The molecule has 1 aliphatic heterocycles. The van der Waals surface area contributed by atoms with E-state index in [-0.39, 0.29) is 35.3 Å². The summed E-state index contributed by atoms with van der Waals surface area (Å²) in [6.45, 7) is 0.829. The standard InChI is InChI=1S/C20H24F3N7O4S/c1-19(31)11-20(22,23)5-16(19)34-17-12(6-24)7-25-18(28-17)27-15-3-4-30(10-14(15)21)35(32,33)13-8-26-29(2)9-13/h7-9,14-16,31H,3-5,10-11H2,1-2H3,(H,25,27,28)/t14-,15+,16-,19+/m1/s1. The van der Waals surface area contributed by atoms with Crippen molar-refractivity contribution in [2.45, 2.75) is 60.9 Å². The number of hydrogen-bond acceptors (Lipinski definition) is 9. The number of aryl methyl sites for hydroxylation is 1. The number of aromatic nitrogens is 4. The molecule has 15 heteroatoms. The molecule has 11 nitrogen and oxygen atoms in total. The molecule has 1 saturated heterocycles. The number of nitrogens with one attached hydrogen (secondary N) is 1. The lowest BCUT2D eigenvalue weighted by molar-refractivity contribution is -0.0406. The number of sulfonamides is 1. The van der Waals surface area contributed by atoms with E-state index in [0.29, 0.717) is 0 Å². The van der Waals surface area contributed by atoms with Crippen LogP contribution in [0.3, 0.4) is 0 Å². The highest BCUT2D eigenvalue weighted by Crippen LogP contribution is 2.43. The summed E-state index contributed by atoms with van der Waals surface area (Å²) in [5.41, 5.74) is -1.98. The fourth-order valence-electron chi connectivity index (χ4n) is 4.21. The van der Waals surface area contributed by atoms with Gasteiger partial charge in [-0.15, -0.1) is 0 Å². The first kappa shape index (κ1) is 25.1. The van der Waals surface area contributed by atoms with E-state index in [1.807, 2.05) is 0 Å². The van der Waals surface area contributed by atoms with Crippen molar-refractivity contribution in [1.29, 1.82) is 5.26 Å². The number of piperidine rings is 1. The summed E-state index contributed by atoms with van der Waals surface area (Å²) >= 11 is 0. The second-order valence-corrected chi connectivity index (χ2v) is 10.9. The number of alkyl halides is 3. The zero-order valence-corrected chi connectivity index (χ0v) is 19.7. The van der Waals surface area contributed by atoms with Crippen molar-refractivity contribution in [3.05, 3.63) is 24.2 Å². The molecule has 35 heavy (non-hydrogen) atoms. The van der Waals surface area contributed by atoms with Crippen molar-refractivity contribution in [2.75, 3.05) is 18.4 Å². The first-order chi connectivity index (χ1) is 16.3. The van der Waals surface area contributed by atoms with E-state index < -0.39 is 59.3 Å². The van der Waals surface area contributed by atoms with Crippen LogP contribution < -0.4 is 10.1 Å². The number of hydrogen-bond donors (Lipinski definition) is 2. The maximum Gasteiger partial charge on any atom is 0.254 e. The molecule has 4 rings (SSSR count). The highest BCUT2D eigenvalue weighted by molar-refractivity contribution is 7.89. The number of halogens is 3. The van der Waals surface area contributed by atoms with Crippen LogP contribution in [0.2, 0.25) is 0 Å². The van der Waals surface area contributed by atoms with Gasteiger partial charge < -0.3 is 15.2 Å². The van der Waals surface area contributed by atoms with E-state index in [0.717, 1.165) is 10.5 Å². The Bertz CT molecular complexity index is 1250. The molecular weight excluding hydrogens is 491 g/mol. The maximum absolute atomic E-state index is 15.0. The molecule has 1 aliphatic carbocycles. The number of rotatable bonds is 6. The third-order valence-electron chi connectivity index (χ3n) is 6.06. The number of ether oxygens (including phenoxy) is 1. The molecule has 4 atom stereocenters. The van der Waals surface area contributed by atoms with Gasteiger partial charge in [0.15, 0.2) is 0 Å². The summed E-state index contributed by atoms with van der Waals surface area (Å²) in [5, 5.41) is 26.2. The molecule has 0 unspecified atom stereocenters. The van der Waals surface area contributed by atoms with Crippen LogP contribution in [0, 0.1) is 11.3 Å². The predicted octanol–water partition coefficient (Wildman–Crippen LogP) is 1.22. The smallest absolute Gasteiger partial charge is 0.254 e. The third kappa shape index (κ3) is 5.19. The Hall–Kier alpha value is -2.96. The largest absolute Gasteiger partial charge is 0.470 e. The lowest BCUT2D eigenvalue weighted by Crippen LogP contribution is -2.50. The Morgan fingerprint density at radius 1 is 1.37 bits per heavy atom. The van der Waals surface area contributed by atoms with Crippen LogP contribution in [-0.4, -0.2) is 80.5 Å². The van der Waals surface area contributed by atoms with E-state index in [1.165, 1.54) is 24.0 Å². The summed E-state index contributed by atoms with van der Waals surface area (Å²) in [5.74, 6) is -3.58. The van der Waals surface area contributed by atoms with Crippen LogP contribution in [0.15, 0.2) is 23.5 Å². The molecule has 0 amide bonds. The van der Waals surface area contributed by atoms with Gasteiger partial charge >= 0.3 is 0 Å². The predicted molar refractivity (Wildman–Crippen MR) is 115 cm³/mol. The Morgan fingerprint density at radius 2 is 2.11 bits per heavy atom. The van der Waals surface area contributed by atoms with Crippen molar-refractivity contribution >= 4 is 16.0 Å². The van der Waals surface area contributed by atoms with Crippen LogP contribution in [-0.2, 0) is 17.1 Å². The minimum Gasteiger partial charge on any atom is -0.470 e. The highest BCUT2D eigenvalue weighted by atomic mass is 32.2. The van der Waals surface area contributed by atoms with Gasteiger partial charge in [-0.1, -0.05) is 0 Å². The van der Waals surface area contributed by atoms with Gasteiger partial charge in [0.1, 0.15) is 34.4 Å². The van der Waals surface area contributed by atoms with Gasteiger partial charge in [0, 0.05) is 32.8 Å². The molecule has 2 aromatic rings. The van der Waals surface area contributed by atoms with E-state index in [9.17, 15) is 32.0 Å². The number of nitrogens with zero attached hydrogens (tertiary/aromatic N) is 6. The van der Waals surface area contributed by atoms with Gasteiger partial charge in [0.25, 0.3) is 5.92 Å². The molecule has 2 N–H and O–H groups in total.